The topological polar surface area (TPSA) is 18.5 Å². The van der Waals surface area contributed by atoms with E-state index in [-0.39, 0.29) is 6.10 Å². The minimum Gasteiger partial charge on any atom is -0.496 e. The van der Waals surface area contributed by atoms with Crippen LogP contribution in [0.4, 0.5) is 0 Å². The van der Waals surface area contributed by atoms with Crippen molar-refractivity contribution in [1.29, 1.82) is 0 Å². The number of rotatable bonds is 4. The lowest BCUT2D eigenvalue weighted by atomic mass is 10.2. The molecule has 78 valence electrons. The van der Waals surface area contributed by atoms with Crippen molar-refractivity contribution < 1.29 is 9.47 Å². The van der Waals surface area contributed by atoms with E-state index in [1.54, 1.807) is 7.11 Å². The van der Waals surface area contributed by atoms with Gasteiger partial charge < -0.3 is 9.47 Å². The monoisotopic (exact) mass is 194 g/mol. The molecule has 0 amide bonds. The van der Waals surface area contributed by atoms with Gasteiger partial charge in [0.25, 0.3) is 0 Å². The predicted molar refractivity (Wildman–Crippen MR) is 58.1 cm³/mol. The van der Waals surface area contributed by atoms with Crippen LogP contribution in [-0.2, 0) is 0 Å². The Hall–Kier alpha value is -1.18. The van der Waals surface area contributed by atoms with Gasteiger partial charge in [-0.05, 0) is 31.9 Å². The molecular formula is C12H18O2. The summed E-state index contributed by atoms with van der Waals surface area (Å²) in [6.07, 6.45) is 1.26. The average molecular weight is 194 g/mol. The van der Waals surface area contributed by atoms with Crippen LogP contribution in [0.5, 0.6) is 11.5 Å². The van der Waals surface area contributed by atoms with Gasteiger partial charge in [0.2, 0.25) is 0 Å². The summed E-state index contributed by atoms with van der Waals surface area (Å²) in [7, 11) is 1.68. The fraction of sp³-hybridized carbons (Fsp3) is 0.500. The molecule has 0 saturated carbocycles. The zero-order chi connectivity index (χ0) is 10.6. The van der Waals surface area contributed by atoms with E-state index in [1.807, 2.05) is 25.1 Å². The summed E-state index contributed by atoms with van der Waals surface area (Å²) in [6.45, 7) is 6.19. The molecule has 0 bridgehead atoms. The molecule has 1 atom stereocenters. The van der Waals surface area contributed by atoms with Gasteiger partial charge in [-0.25, -0.2) is 0 Å². The van der Waals surface area contributed by atoms with E-state index in [4.69, 9.17) is 9.47 Å². The Bertz CT molecular complexity index is 294. The van der Waals surface area contributed by atoms with Crippen molar-refractivity contribution in [3.63, 3.8) is 0 Å². The maximum Gasteiger partial charge on any atom is 0.125 e. The van der Waals surface area contributed by atoms with Crippen molar-refractivity contribution in [3.8, 4) is 11.5 Å². The zero-order valence-corrected chi connectivity index (χ0v) is 9.33. The lowest BCUT2D eigenvalue weighted by Gasteiger charge is -2.14. The first kappa shape index (κ1) is 10.9. The van der Waals surface area contributed by atoms with Crippen molar-refractivity contribution in [3.05, 3.63) is 23.8 Å². The molecule has 0 heterocycles. The van der Waals surface area contributed by atoms with Crippen LogP contribution in [0.3, 0.4) is 0 Å². The van der Waals surface area contributed by atoms with Gasteiger partial charge in [0.15, 0.2) is 0 Å². The van der Waals surface area contributed by atoms with E-state index in [0.29, 0.717) is 0 Å². The molecule has 14 heavy (non-hydrogen) atoms. The average Bonchev–Trinajstić information content (AvgIpc) is 2.20. The van der Waals surface area contributed by atoms with Crippen molar-refractivity contribution in [1.82, 2.24) is 0 Å². The molecule has 0 aliphatic rings. The highest BCUT2D eigenvalue weighted by molar-refractivity contribution is 5.39. The number of ether oxygens (including phenoxy) is 2. The van der Waals surface area contributed by atoms with Crippen molar-refractivity contribution >= 4 is 0 Å². The molecule has 0 radical (unpaired) electrons. The molecule has 2 heteroatoms. The van der Waals surface area contributed by atoms with Crippen LogP contribution in [0.15, 0.2) is 18.2 Å². The standard InChI is InChI=1S/C12H18O2/c1-5-10(3)14-11-7-6-9(2)12(8-11)13-4/h6-8,10H,5H2,1-4H3. The number of hydrogen-bond acceptors (Lipinski definition) is 2. The number of methoxy groups -OCH3 is 1. The highest BCUT2D eigenvalue weighted by Crippen LogP contribution is 2.24. The third-order valence-corrected chi connectivity index (χ3v) is 2.29. The van der Waals surface area contributed by atoms with E-state index < -0.39 is 0 Å². The first-order valence-corrected chi connectivity index (χ1v) is 4.98. The second-order valence-corrected chi connectivity index (χ2v) is 3.47. The lowest BCUT2D eigenvalue weighted by Crippen LogP contribution is -2.09. The van der Waals surface area contributed by atoms with Crippen molar-refractivity contribution in [2.45, 2.75) is 33.3 Å². The van der Waals surface area contributed by atoms with Crippen LogP contribution in [-0.4, -0.2) is 13.2 Å². The zero-order valence-electron chi connectivity index (χ0n) is 9.33. The van der Waals surface area contributed by atoms with Crippen molar-refractivity contribution in [2.24, 2.45) is 0 Å². The molecule has 0 aliphatic heterocycles. The van der Waals surface area contributed by atoms with Gasteiger partial charge >= 0.3 is 0 Å². The van der Waals surface area contributed by atoms with Gasteiger partial charge in [-0.1, -0.05) is 13.0 Å². The SMILES string of the molecule is CCC(C)Oc1ccc(C)c(OC)c1. The quantitative estimate of drug-likeness (QED) is 0.733. The fourth-order valence-corrected chi connectivity index (χ4v) is 1.19. The third-order valence-electron chi connectivity index (χ3n) is 2.29. The van der Waals surface area contributed by atoms with Gasteiger partial charge in [-0.2, -0.15) is 0 Å². The first-order chi connectivity index (χ1) is 6.67. The predicted octanol–water partition coefficient (Wildman–Crippen LogP) is 3.18. The van der Waals surface area contributed by atoms with Crippen LogP contribution >= 0.6 is 0 Å². The third kappa shape index (κ3) is 2.66. The van der Waals surface area contributed by atoms with Crippen LogP contribution in [0.25, 0.3) is 0 Å². The number of aryl methyl sites for hydroxylation is 1. The molecule has 1 rings (SSSR count). The summed E-state index contributed by atoms with van der Waals surface area (Å²) < 4.78 is 10.9. The Morgan fingerprint density at radius 1 is 1.36 bits per heavy atom. The summed E-state index contributed by atoms with van der Waals surface area (Å²) >= 11 is 0. The van der Waals surface area contributed by atoms with Crippen molar-refractivity contribution in [2.75, 3.05) is 7.11 Å². The highest BCUT2D eigenvalue weighted by atomic mass is 16.5. The normalized spacial score (nSPS) is 12.3. The Morgan fingerprint density at radius 3 is 2.64 bits per heavy atom. The molecule has 0 saturated heterocycles. The van der Waals surface area contributed by atoms with Gasteiger partial charge in [0.05, 0.1) is 13.2 Å². The van der Waals surface area contributed by atoms with Gasteiger partial charge in [-0.3, -0.25) is 0 Å². The van der Waals surface area contributed by atoms with Crippen LogP contribution < -0.4 is 9.47 Å². The Balaban J connectivity index is 2.79. The lowest BCUT2D eigenvalue weighted by molar-refractivity contribution is 0.216. The van der Waals surface area contributed by atoms with Gasteiger partial charge in [0.1, 0.15) is 11.5 Å². The molecule has 0 aromatic heterocycles. The second kappa shape index (κ2) is 4.89. The number of hydrogen-bond donors (Lipinski definition) is 0. The van der Waals surface area contributed by atoms with Gasteiger partial charge in [-0.15, -0.1) is 0 Å². The molecular weight excluding hydrogens is 176 g/mol. The Kier molecular flexibility index (Phi) is 3.81. The van der Waals surface area contributed by atoms with E-state index in [1.165, 1.54) is 0 Å². The number of benzene rings is 1. The van der Waals surface area contributed by atoms with Crippen LogP contribution in [0, 0.1) is 6.92 Å². The Labute approximate surface area is 85.8 Å². The largest absolute Gasteiger partial charge is 0.496 e. The Morgan fingerprint density at radius 2 is 2.07 bits per heavy atom. The second-order valence-electron chi connectivity index (χ2n) is 3.47. The maximum absolute atomic E-state index is 5.68. The maximum atomic E-state index is 5.68. The molecule has 0 fully saturated rings. The summed E-state index contributed by atoms with van der Waals surface area (Å²) in [5, 5.41) is 0. The summed E-state index contributed by atoms with van der Waals surface area (Å²) in [5.41, 5.74) is 1.13. The smallest absolute Gasteiger partial charge is 0.125 e. The van der Waals surface area contributed by atoms with E-state index in [0.717, 1.165) is 23.5 Å². The minimum atomic E-state index is 0.252. The van der Waals surface area contributed by atoms with Crippen LogP contribution in [0.1, 0.15) is 25.8 Å². The first-order valence-electron chi connectivity index (χ1n) is 4.98. The summed E-state index contributed by atoms with van der Waals surface area (Å²) in [5.74, 6) is 1.76. The van der Waals surface area contributed by atoms with E-state index >= 15 is 0 Å². The minimum absolute atomic E-state index is 0.252. The molecule has 1 aromatic carbocycles. The molecule has 1 aromatic rings. The van der Waals surface area contributed by atoms with E-state index in [9.17, 15) is 0 Å². The molecule has 0 aliphatic carbocycles. The summed E-state index contributed by atoms with van der Waals surface area (Å²) in [6, 6.07) is 5.92. The fourth-order valence-electron chi connectivity index (χ4n) is 1.19. The molecule has 2 nitrogen and oxygen atoms in total. The van der Waals surface area contributed by atoms with E-state index in [2.05, 4.69) is 13.8 Å². The van der Waals surface area contributed by atoms with Crippen LogP contribution in [0.2, 0.25) is 0 Å². The van der Waals surface area contributed by atoms with Gasteiger partial charge in [0, 0.05) is 6.07 Å². The summed E-state index contributed by atoms with van der Waals surface area (Å²) in [4.78, 5) is 0. The molecule has 0 N–H and O–H groups in total. The molecule has 1 unspecified atom stereocenters. The highest BCUT2D eigenvalue weighted by Gasteiger charge is 2.04. The molecule has 0 spiro atoms.